The molecule has 0 aromatic carbocycles. The first-order valence-corrected chi connectivity index (χ1v) is 9.56. The SMILES string of the molecule is CCCCCCCCCCCCCC=CC1CC(=O)OC1=S. The topological polar surface area (TPSA) is 26.3 Å². The molecule has 1 heterocycles. The van der Waals surface area contributed by atoms with E-state index < -0.39 is 0 Å². The van der Waals surface area contributed by atoms with Crippen LogP contribution in [0.2, 0.25) is 0 Å². The number of thiocarbonyl (C=S) groups is 1. The van der Waals surface area contributed by atoms with Gasteiger partial charge in [0.15, 0.2) is 5.05 Å². The van der Waals surface area contributed by atoms with Crippen LogP contribution in [0, 0.1) is 5.92 Å². The van der Waals surface area contributed by atoms with E-state index in [0.717, 1.165) is 6.42 Å². The molecule has 1 atom stereocenters. The molecule has 0 bridgehead atoms. The summed E-state index contributed by atoms with van der Waals surface area (Å²) in [5.74, 6) is -0.149. The maximum absolute atomic E-state index is 11.1. The molecule has 0 aromatic rings. The average molecular weight is 325 g/mol. The Morgan fingerprint density at radius 1 is 1.00 bits per heavy atom. The highest BCUT2D eigenvalue weighted by molar-refractivity contribution is 7.80. The van der Waals surface area contributed by atoms with Gasteiger partial charge in [0.2, 0.25) is 0 Å². The first kappa shape index (κ1) is 19.3. The molecule has 0 aromatic heterocycles. The largest absolute Gasteiger partial charge is 0.418 e. The molecule has 0 spiro atoms. The van der Waals surface area contributed by atoms with E-state index >= 15 is 0 Å². The van der Waals surface area contributed by atoms with Gasteiger partial charge in [0, 0.05) is 0 Å². The normalized spacial score (nSPS) is 18.3. The second-order valence-corrected chi connectivity index (χ2v) is 6.76. The lowest BCUT2D eigenvalue weighted by Crippen LogP contribution is -2.00. The fourth-order valence-corrected chi connectivity index (χ4v) is 3.08. The van der Waals surface area contributed by atoms with Gasteiger partial charge in [-0.2, -0.15) is 0 Å². The number of carbonyl (C=O) groups excluding carboxylic acids is 1. The van der Waals surface area contributed by atoms with Crippen molar-refractivity contribution in [3.8, 4) is 0 Å². The van der Waals surface area contributed by atoms with Gasteiger partial charge in [0.05, 0.1) is 12.3 Å². The van der Waals surface area contributed by atoms with E-state index in [4.69, 9.17) is 17.0 Å². The van der Waals surface area contributed by atoms with Crippen molar-refractivity contribution in [2.75, 3.05) is 0 Å². The number of hydrogen-bond donors (Lipinski definition) is 0. The van der Waals surface area contributed by atoms with Crippen LogP contribution in [0.25, 0.3) is 0 Å². The maximum Gasteiger partial charge on any atom is 0.312 e. The Kier molecular flexibility index (Phi) is 11.3. The molecule has 22 heavy (non-hydrogen) atoms. The minimum absolute atomic E-state index is 0.0372. The van der Waals surface area contributed by atoms with E-state index in [-0.39, 0.29) is 11.9 Å². The molecule has 1 unspecified atom stereocenters. The number of ether oxygens (including phenoxy) is 1. The lowest BCUT2D eigenvalue weighted by atomic mass is 10.0. The Bertz CT molecular complexity index is 349. The fourth-order valence-electron chi connectivity index (χ4n) is 2.83. The van der Waals surface area contributed by atoms with E-state index in [1.165, 1.54) is 70.6 Å². The van der Waals surface area contributed by atoms with Crippen LogP contribution in [0.5, 0.6) is 0 Å². The standard InChI is InChI=1S/C19H32O2S/c1-2-3-4-5-6-7-8-9-10-11-12-13-14-15-17-16-18(20)21-19(17)22/h14-15,17H,2-13,16H2,1H3. The monoisotopic (exact) mass is 324 g/mol. The van der Waals surface area contributed by atoms with Gasteiger partial charge in [0.1, 0.15) is 0 Å². The van der Waals surface area contributed by atoms with Gasteiger partial charge in [-0.15, -0.1) is 0 Å². The van der Waals surface area contributed by atoms with Crippen molar-refractivity contribution < 1.29 is 9.53 Å². The minimum atomic E-state index is -0.186. The van der Waals surface area contributed by atoms with Crippen molar-refractivity contribution in [2.45, 2.75) is 90.4 Å². The Morgan fingerprint density at radius 3 is 2.05 bits per heavy atom. The molecular formula is C19H32O2S. The van der Waals surface area contributed by atoms with Gasteiger partial charge >= 0.3 is 5.97 Å². The molecule has 1 rings (SSSR count). The number of esters is 1. The molecule has 0 radical (unpaired) electrons. The summed E-state index contributed by atoms with van der Waals surface area (Å²) >= 11 is 5.02. The molecule has 0 amide bonds. The zero-order valence-corrected chi connectivity index (χ0v) is 15.0. The van der Waals surface area contributed by atoms with Gasteiger partial charge in [-0.05, 0) is 25.1 Å². The quantitative estimate of drug-likeness (QED) is 0.176. The summed E-state index contributed by atoms with van der Waals surface area (Å²) in [6.07, 6.45) is 20.8. The highest BCUT2D eigenvalue weighted by atomic mass is 32.1. The summed E-state index contributed by atoms with van der Waals surface area (Å²) in [6.45, 7) is 2.27. The van der Waals surface area contributed by atoms with Crippen molar-refractivity contribution in [1.82, 2.24) is 0 Å². The fraction of sp³-hybridized carbons (Fsp3) is 0.789. The Morgan fingerprint density at radius 2 is 1.55 bits per heavy atom. The van der Waals surface area contributed by atoms with Crippen LogP contribution >= 0.6 is 12.2 Å². The first-order chi connectivity index (χ1) is 10.7. The zero-order valence-electron chi connectivity index (χ0n) is 14.1. The molecule has 1 fully saturated rings. The molecule has 1 saturated heterocycles. The third-order valence-electron chi connectivity index (χ3n) is 4.25. The van der Waals surface area contributed by atoms with E-state index in [1.54, 1.807) is 0 Å². The number of rotatable bonds is 13. The van der Waals surface area contributed by atoms with Crippen LogP contribution in [0.4, 0.5) is 0 Å². The molecular weight excluding hydrogens is 292 g/mol. The third-order valence-corrected chi connectivity index (χ3v) is 4.63. The van der Waals surface area contributed by atoms with Crippen molar-refractivity contribution in [1.29, 1.82) is 0 Å². The van der Waals surface area contributed by atoms with Crippen LogP contribution in [-0.2, 0) is 9.53 Å². The van der Waals surface area contributed by atoms with Gasteiger partial charge in [-0.3, -0.25) is 4.79 Å². The predicted molar refractivity (Wildman–Crippen MR) is 97.0 cm³/mol. The number of hydrogen-bond acceptors (Lipinski definition) is 3. The summed E-state index contributed by atoms with van der Waals surface area (Å²) in [5.41, 5.74) is 0. The third kappa shape index (κ3) is 9.34. The van der Waals surface area contributed by atoms with E-state index in [0.29, 0.717) is 11.5 Å². The van der Waals surface area contributed by atoms with E-state index in [9.17, 15) is 4.79 Å². The number of carbonyl (C=O) groups is 1. The first-order valence-electron chi connectivity index (χ1n) is 9.15. The number of unbranched alkanes of at least 4 members (excludes halogenated alkanes) is 11. The lowest BCUT2D eigenvalue weighted by molar-refractivity contribution is -0.133. The summed E-state index contributed by atoms with van der Waals surface area (Å²) in [6, 6.07) is 0. The van der Waals surface area contributed by atoms with Crippen LogP contribution in [-0.4, -0.2) is 11.0 Å². The molecule has 0 aliphatic carbocycles. The summed E-state index contributed by atoms with van der Waals surface area (Å²) in [7, 11) is 0. The summed E-state index contributed by atoms with van der Waals surface area (Å²) in [5, 5.41) is 0.445. The zero-order chi connectivity index (χ0) is 16.0. The van der Waals surface area contributed by atoms with Crippen molar-refractivity contribution in [2.24, 2.45) is 5.92 Å². The Balaban J connectivity index is 1.84. The second kappa shape index (κ2) is 12.8. The van der Waals surface area contributed by atoms with Crippen molar-refractivity contribution in [3.05, 3.63) is 12.2 Å². The van der Waals surface area contributed by atoms with Crippen molar-refractivity contribution in [3.63, 3.8) is 0 Å². The van der Waals surface area contributed by atoms with Gasteiger partial charge < -0.3 is 4.74 Å². The Labute approximate surface area is 141 Å². The molecule has 2 nitrogen and oxygen atoms in total. The van der Waals surface area contributed by atoms with E-state index in [2.05, 4.69) is 13.0 Å². The highest BCUT2D eigenvalue weighted by Gasteiger charge is 2.27. The molecule has 1 aliphatic rings. The second-order valence-electron chi connectivity index (χ2n) is 6.36. The molecule has 3 heteroatoms. The summed E-state index contributed by atoms with van der Waals surface area (Å²) < 4.78 is 4.88. The number of cyclic esters (lactones) is 1. The van der Waals surface area contributed by atoms with Crippen LogP contribution in [0.3, 0.4) is 0 Å². The van der Waals surface area contributed by atoms with Gasteiger partial charge in [0.25, 0.3) is 0 Å². The van der Waals surface area contributed by atoms with Crippen molar-refractivity contribution >= 4 is 23.2 Å². The van der Waals surface area contributed by atoms with E-state index in [1.807, 2.05) is 6.08 Å². The van der Waals surface area contributed by atoms with Gasteiger partial charge in [-0.25, -0.2) is 0 Å². The smallest absolute Gasteiger partial charge is 0.312 e. The molecule has 0 N–H and O–H groups in total. The molecule has 0 saturated carbocycles. The summed E-state index contributed by atoms with van der Waals surface area (Å²) in [4.78, 5) is 11.1. The van der Waals surface area contributed by atoms with Crippen LogP contribution in [0.15, 0.2) is 12.2 Å². The maximum atomic E-state index is 11.1. The predicted octanol–water partition coefficient (Wildman–Crippen LogP) is 6.13. The van der Waals surface area contributed by atoms with Gasteiger partial charge in [-0.1, -0.05) is 83.3 Å². The molecule has 126 valence electrons. The highest BCUT2D eigenvalue weighted by Crippen LogP contribution is 2.19. The van der Waals surface area contributed by atoms with Crippen LogP contribution in [0.1, 0.15) is 90.4 Å². The minimum Gasteiger partial charge on any atom is -0.418 e. The van der Waals surface area contributed by atoms with Crippen LogP contribution < -0.4 is 0 Å². The Hall–Kier alpha value is -0.700. The average Bonchev–Trinajstić information content (AvgIpc) is 2.82. The number of allylic oxidation sites excluding steroid dienone is 1. The molecule has 1 aliphatic heterocycles. The lowest BCUT2D eigenvalue weighted by Gasteiger charge is -2.02.